The molecule has 1 aromatic heterocycles. The van der Waals surface area contributed by atoms with Gasteiger partial charge in [0.25, 0.3) is 0 Å². The van der Waals surface area contributed by atoms with Gasteiger partial charge < -0.3 is 15.5 Å². The van der Waals surface area contributed by atoms with Gasteiger partial charge in [-0.05, 0) is 50.1 Å². The zero-order valence-electron chi connectivity index (χ0n) is 17.4. The number of nitrogens with zero attached hydrogens (tertiary/aromatic N) is 5. The van der Waals surface area contributed by atoms with Crippen LogP contribution in [0.3, 0.4) is 0 Å². The van der Waals surface area contributed by atoms with E-state index < -0.39 is 0 Å². The number of carbonyl (C=O) groups is 1. The molecule has 0 radical (unpaired) electrons. The molecule has 2 N–H and O–H groups in total. The quantitative estimate of drug-likeness (QED) is 0.283. The highest BCUT2D eigenvalue weighted by Gasteiger charge is 2.29. The number of amides is 1. The maximum atomic E-state index is 12.5. The summed E-state index contributed by atoms with van der Waals surface area (Å²) in [6.07, 6.45) is 10.7. The van der Waals surface area contributed by atoms with Crippen LogP contribution in [0.15, 0.2) is 29.5 Å². The van der Waals surface area contributed by atoms with Gasteiger partial charge in [0.1, 0.15) is 0 Å². The Kier molecular flexibility index (Phi) is 9.25. The molecule has 2 aliphatic heterocycles. The molecule has 0 aliphatic carbocycles. The van der Waals surface area contributed by atoms with E-state index in [1.165, 1.54) is 6.42 Å². The number of nitrogens with one attached hydrogen (secondary N) is 2. The first-order valence-electron chi connectivity index (χ1n) is 10.8. The van der Waals surface area contributed by atoms with Crippen molar-refractivity contribution in [2.24, 2.45) is 4.99 Å². The lowest BCUT2D eigenvalue weighted by atomic mass is 10.2. The highest BCUT2D eigenvalue weighted by Crippen LogP contribution is 2.28. The predicted molar refractivity (Wildman–Crippen MR) is 121 cm³/mol. The molecule has 0 bridgehead atoms. The Bertz CT molecular complexity index is 723. The minimum Gasteiger partial charge on any atom is -0.355 e. The number of hydrogen-bond donors (Lipinski definition) is 2. The molecule has 1 unspecified atom stereocenters. The molecule has 1 amide bonds. The molecule has 0 aromatic carbocycles. The molecule has 3 heterocycles. The van der Waals surface area contributed by atoms with Crippen LogP contribution in [0, 0.1) is 11.5 Å². The fraction of sp³-hybridized carbons (Fsp3) is 0.619. The summed E-state index contributed by atoms with van der Waals surface area (Å²) >= 11 is 1.83. The Hall–Kier alpha value is -2.31. The summed E-state index contributed by atoms with van der Waals surface area (Å²) in [5, 5.41) is 15.3. The van der Waals surface area contributed by atoms with Crippen LogP contribution in [-0.4, -0.2) is 76.9 Å². The lowest BCUT2D eigenvalue weighted by Crippen LogP contribution is -2.50. The molecular weight excluding hydrogens is 398 g/mol. The van der Waals surface area contributed by atoms with Crippen molar-refractivity contribution in [3.05, 3.63) is 24.5 Å². The van der Waals surface area contributed by atoms with Crippen molar-refractivity contribution in [3.63, 3.8) is 0 Å². The van der Waals surface area contributed by atoms with Crippen molar-refractivity contribution < 1.29 is 4.79 Å². The van der Waals surface area contributed by atoms with E-state index in [0.717, 1.165) is 76.4 Å². The van der Waals surface area contributed by atoms with Crippen LogP contribution >= 0.6 is 11.8 Å². The van der Waals surface area contributed by atoms with Gasteiger partial charge in [-0.1, -0.05) is 6.42 Å². The van der Waals surface area contributed by atoms with E-state index in [9.17, 15) is 4.79 Å². The largest absolute Gasteiger partial charge is 0.355 e. The second kappa shape index (κ2) is 12.4. The average molecular weight is 430 g/mol. The Labute approximate surface area is 183 Å². The summed E-state index contributed by atoms with van der Waals surface area (Å²) in [4.78, 5) is 24.8. The van der Waals surface area contributed by atoms with Crippen molar-refractivity contribution >= 4 is 29.3 Å². The van der Waals surface area contributed by atoms with Gasteiger partial charge >= 0.3 is 0 Å². The molecule has 1 atom stereocenters. The van der Waals surface area contributed by atoms with Crippen LogP contribution in [0.1, 0.15) is 32.1 Å². The van der Waals surface area contributed by atoms with Crippen LogP contribution in [0.4, 0.5) is 5.69 Å². The Morgan fingerprint density at radius 3 is 2.73 bits per heavy atom. The van der Waals surface area contributed by atoms with Gasteiger partial charge in [0.05, 0.1) is 5.25 Å². The van der Waals surface area contributed by atoms with E-state index in [4.69, 9.17) is 5.26 Å². The summed E-state index contributed by atoms with van der Waals surface area (Å²) in [6.45, 7) is 5.54. The monoisotopic (exact) mass is 429 g/mol. The lowest BCUT2D eigenvalue weighted by molar-refractivity contribution is -0.132. The lowest BCUT2D eigenvalue weighted by Gasteiger charge is -2.35. The van der Waals surface area contributed by atoms with Crippen molar-refractivity contribution in [1.82, 2.24) is 20.1 Å². The number of aromatic nitrogens is 1. The van der Waals surface area contributed by atoms with E-state index >= 15 is 0 Å². The third-order valence-electron chi connectivity index (χ3n) is 5.44. The third-order valence-corrected chi connectivity index (χ3v) is 6.80. The Balaban J connectivity index is 1.25. The molecule has 2 aliphatic rings. The number of anilines is 1. The van der Waals surface area contributed by atoms with E-state index in [-0.39, 0.29) is 5.25 Å². The summed E-state index contributed by atoms with van der Waals surface area (Å²) in [7, 11) is 0. The molecular formula is C21H31N7OS. The van der Waals surface area contributed by atoms with Gasteiger partial charge in [0.2, 0.25) is 18.1 Å². The van der Waals surface area contributed by atoms with E-state index in [0.29, 0.717) is 11.9 Å². The first-order chi connectivity index (χ1) is 14.8. The Morgan fingerprint density at radius 1 is 1.23 bits per heavy atom. The number of hydrogen-bond acceptors (Lipinski definition) is 6. The van der Waals surface area contributed by atoms with E-state index in [1.807, 2.05) is 30.1 Å². The van der Waals surface area contributed by atoms with Crippen molar-refractivity contribution in [3.8, 4) is 6.19 Å². The third kappa shape index (κ3) is 7.18. The molecule has 0 spiro atoms. The maximum Gasteiger partial charge on any atom is 0.235 e. The molecule has 1 aromatic rings. The number of rotatable bonds is 8. The molecule has 2 fully saturated rings. The molecule has 2 saturated heterocycles. The molecule has 8 nitrogen and oxygen atoms in total. The zero-order valence-corrected chi connectivity index (χ0v) is 18.2. The summed E-state index contributed by atoms with van der Waals surface area (Å²) < 4.78 is 0. The van der Waals surface area contributed by atoms with Gasteiger partial charge in [-0.2, -0.15) is 5.26 Å². The van der Waals surface area contributed by atoms with Crippen LogP contribution in [0.25, 0.3) is 0 Å². The second-order valence-electron chi connectivity index (χ2n) is 7.58. The number of aliphatic imine (C=N–C) groups is 1. The molecule has 162 valence electrons. The number of nitriles is 1. The van der Waals surface area contributed by atoms with Crippen LogP contribution in [-0.2, 0) is 4.79 Å². The number of pyridine rings is 1. The van der Waals surface area contributed by atoms with Gasteiger partial charge in [0, 0.05) is 50.8 Å². The summed E-state index contributed by atoms with van der Waals surface area (Å²) in [6, 6.07) is 3.66. The van der Waals surface area contributed by atoms with Crippen molar-refractivity contribution in [1.29, 1.82) is 5.26 Å². The van der Waals surface area contributed by atoms with Crippen LogP contribution < -0.4 is 10.6 Å². The normalized spacial score (nSPS) is 20.0. The predicted octanol–water partition coefficient (Wildman–Crippen LogP) is 2.13. The highest BCUT2D eigenvalue weighted by atomic mass is 32.2. The molecule has 9 heteroatoms. The number of thioether (sulfide) groups is 1. The Morgan fingerprint density at radius 2 is 2.03 bits per heavy atom. The maximum absolute atomic E-state index is 12.5. The van der Waals surface area contributed by atoms with Gasteiger partial charge in [-0.25, -0.2) is 0 Å². The number of guanidine groups is 1. The molecule has 3 rings (SSSR count). The SMILES string of the molecule is N#C/N=C(/NCCCCCN1CCN(C(=O)C2CCCS2)CC1)Nc1ccncc1. The average Bonchev–Trinajstić information content (AvgIpc) is 3.32. The smallest absolute Gasteiger partial charge is 0.235 e. The van der Waals surface area contributed by atoms with Crippen LogP contribution in [0.5, 0.6) is 0 Å². The number of piperazine rings is 1. The zero-order chi connectivity index (χ0) is 21.0. The summed E-state index contributed by atoms with van der Waals surface area (Å²) in [5.74, 6) is 1.96. The van der Waals surface area contributed by atoms with Gasteiger partial charge in [0.15, 0.2) is 0 Å². The van der Waals surface area contributed by atoms with Crippen molar-refractivity contribution in [2.75, 3.05) is 50.3 Å². The van der Waals surface area contributed by atoms with Gasteiger partial charge in [-0.3, -0.25) is 14.7 Å². The fourth-order valence-electron chi connectivity index (χ4n) is 3.75. The summed E-state index contributed by atoms with van der Waals surface area (Å²) in [5.41, 5.74) is 0.843. The van der Waals surface area contributed by atoms with Crippen LogP contribution in [0.2, 0.25) is 0 Å². The topological polar surface area (TPSA) is 96.7 Å². The standard InChI is InChI=1S/C21H31N7OS/c22-17-25-21(26-18-6-9-23-10-7-18)24-8-2-1-3-11-27-12-14-28(15-13-27)20(29)19-5-4-16-30-19/h6-7,9-10,19H,1-5,8,11-16H2,(H2,23,24,25,26). The van der Waals surface area contributed by atoms with Gasteiger partial charge in [-0.15, -0.1) is 16.8 Å². The molecule has 30 heavy (non-hydrogen) atoms. The minimum absolute atomic E-state index is 0.214. The highest BCUT2D eigenvalue weighted by molar-refractivity contribution is 8.00. The second-order valence-corrected chi connectivity index (χ2v) is 8.89. The van der Waals surface area contributed by atoms with Crippen molar-refractivity contribution in [2.45, 2.75) is 37.4 Å². The van der Waals surface area contributed by atoms with E-state index in [2.05, 4.69) is 30.4 Å². The first kappa shape index (κ1) is 22.4. The fourth-order valence-corrected chi connectivity index (χ4v) is 4.99. The minimum atomic E-state index is 0.214. The van der Waals surface area contributed by atoms with E-state index in [1.54, 1.807) is 12.4 Å². The molecule has 0 saturated carbocycles. The number of unbranched alkanes of at least 4 members (excludes halogenated alkanes) is 2. The first-order valence-corrected chi connectivity index (χ1v) is 11.8. The number of carbonyl (C=O) groups excluding carboxylic acids is 1.